The maximum Gasteiger partial charge on any atom is 0.319 e. The summed E-state index contributed by atoms with van der Waals surface area (Å²) >= 11 is 0. The lowest BCUT2D eigenvalue weighted by Crippen LogP contribution is -2.57. The molecule has 15 heavy (non-hydrogen) atoms. The zero-order valence-electron chi connectivity index (χ0n) is 9.94. The second kappa shape index (κ2) is 4.00. The van der Waals surface area contributed by atoms with Gasteiger partial charge in [0.25, 0.3) is 0 Å². The normalized spacial score (nSPS) is 31.5. The van der Waals surface area contributed by atoms with Gasteiger partial charge in [0.05, 0.1) is 0 Å². The molecule has 2 aliphatic heterocycles. The first kappa shape index (κ1) is 10.7. The lowest BCUT2D eigenvalue weighted by Gasteiger charge is -2.46. The van der Waals surface area contributed by atoms with Crippen molar-refractivity contribution in [2.75, 3.05) is 40.8 Å². The maximum absolute atomic E-state index is 11.9. The smallest absolute Gasteiger partial charge is 0.319 e. The molecule has 2 heterocycles. The number of hydrogen-bond acceptors (Lipinski definition) is 2. The second-order valence-electron chi connectivity index (χ2n) is 5.11. The molecule has 4 nitrogen and oxygen atoms in total. The predicted octanol–water partition coefficient (Wildman–Crippen LogP) is 0.694. The summed E-state index contributed by atoms with van der Waals surface area (Å²) in [6.07, 6.45) is 2.51. The molecule has 0 N–H and O–H groups in total. The van der Waals surface area contributed by atoms with Gasteiger partial charge in [-0.15, -0.1) is 0 Å². The molecule has 0 aromatic carbocycles. The van der Waals surface area contributed by atoms with Crippen LogP contribution in [-0.2, 0) is 0 Å². The Bertz CT molecular complexity index is 254. The molecule has 2 bridgehead atoms. The molecule has 0 aliphatic carbocycles. The fraction of sp³-hybridized carbons (Fsp3) is 0.909. The van der Waals surface area contributed by atoms with Crippen molar-refractivity contribution in [2.45, 2.75) is 18.9 Å². The van der Waals surface area contributed by atoms with E-state index in [1.165, 1.54) is 19.4 Å². The summed E-state index contributed by atoms with van der Waals surface area (Å²) in [7, 11) is 5.83. The van der Waals surface area contributed by atoms with Crippen LogP contribution < -0.4 is 0 Å². The highest BCUT2D eigenvalue weighted by molar-refractivity contribution is 5.74. The minimum absolute atomic E-state index is 0.167. The third-order valence-corrected chi connectivity index (χ3v) is 3.68. The minimum atomic E-state index is 0.167. The topological polar surface area (TPSA) is 26.8 Å². The van der Waals surface area contributed by atoms with Crippen LogP contribution in [0.15, 0.2) is 0 Å². The average Bonchev–Trinajstić information content (AvgIpc) is 2.22. The number of rotatable bonds is 0. The fourth-order valence-electron chi connectivity index (χ4n) is 2.71. The number of nitrogens with zero attached hydrogens (tertiary/aromatic N) is 3. The van der Waals surface area contributed by atoms with Gasteiger partial charge in [0.1, 0.15) is 0 Å². The van der Waals surface area contributed by atoms with Crippen molar-refractivity contribution in [3.8, 4) is 0 Å². The Morgan fingerprint density at radius 3 is 2.73 bits per heavy atom. The first-order chi connectivity index (χ1) is 7.08. The van der Waals surface area contributed by atoms with Crippen LogP contribution in [0.1, 0.15) is 12.8 Å². The van der Waals surface area contributed by atoms with Crippen molar-refractivity contribution in [2.24, 2.45) is 5.92 Å². The van der Waals surface area contributed by atoms with Crippen molar-refractivity contribution < 1.29 is 4.79 Å². The van der Waals surface area contributed by atoms with E-state index in [4.69, 9.17) is 0 Å². The van der Waals surface area contributed by atoms with E-state index in [-0.39, 0.29) is 6.03 Å². The molecule has 2 saturated heterocycles. The highest BCUT2D eigenvalue weighted by atomic mass is 16.2. The van der Waals surface area contributed by atoms with Crippen LogP contribution in [0.2, 0.25) is 0 Å². The Labute approximate surface area is 91.8 Å². The van der Waals surface area contributed by atoms with Crippen molar-refractivity contribution in [3.63, 3.8) is 0 Å². The number of carbonyl (C=O) groups excluding carboxylic acids is 1. The summed E-state index contributed by atoms with van der Waals surface area (Å²) in [5.74, 6) is 0.726. The molecule has 0 spiro atoms. The first-order valence-electron chi connectivity index (χ1n) is 5.74. The Morgan fingerprint density at radius 2 is 2.07 bits per heavy atom. The Morgan fingerprint density at radius 1 is 1.33 bits per heavy atom. The highest BCUT2D eigenvalue weighted by Crippen LogP contribution is 2.28. The Kier molecular flexibility index (Phi) is 2.87. The van der Waals surface area contributed by atoms with Crippen molar-refractivity contribution in [1.29, 1.82) is 0 Å². The molecule has 2 atom stereocenters. The number of urea groups is 1. The number of carbonyl (C=O) groups is 1. The van der Waals surface area contributed by atoms with Crippen LogP contribution in [0.5, 0.6) is 0 Å². The van der Waals surface area contributed by atoms with Crippen LogP contribution in [-0.4, -0.2) is 67.5 Å². The average molecular weight is 211 g/mol. The van der Waals surface area contributed by atoms with Crippen molar-refractivity contribution in [3.05, 3.63) is 0 Å². The highest BCUT2D eigenvalue weighted by Gasteiger charge is 2.35. The molecular weight excluding hydrogens is 190 g/mol. The number of amides is 2. The Balaban J connectivity index is 2.02. The summed E-state index contributed by atoms with van der Waals surface area (Å²) in [4.78, 5) is 18.0. The molecule has 2 rings (SSSR count). The number of hydrogen-bond donors (Lipinski definition) is 0. The standard InChI is InChI=1S/C11H21N3O/c1-12(2)11(15)14-7-9-4-5-13(3)10(6-9)8-14/h9-10H,4-8H2,1-3H3. The largest absolute Gasteiger partial charge is 0.331 e. The van der Waals surface area contributed by atoms with E-state index in [1.54, 1.807) is 4.90 Å². The summed E-state index contributed by atoms with van der Waals surface area (Å²) in [5, 5.41) is 0. The van der Waals surface area contributed by atoms with Gasteiger partial charge in [-0.1, -0.05) is 0 Å². The van der Waals surface area contributed by atoms with Crippen molar-refractivity contribution >= 4 is 6.03 Å². The lowest BCUT2D eigenvalue weighted by molar-refractivity contribution is 0.0460. The number of likely N-dealkylation sites (tertiary alicyclic amines) is 2. The quantitative estimate of drug-likeness (QED) is 0.589. The van der Waals surface area contributed by atoms with Crippen LogP contribution in [0, 0.1) is 5.92 Å². The van der Waals surface area contributed by atoms with Gasteiger partial charge < -0.3 is 14.7 Å². The summed E-state index contributed by atoms with van der Waals surface area (Å²) in [6, 6.07) is 0.751. The zero-order chi connectivity index (χ0) is 11.0. The van der Waals surface area contributed by atoms with E-state index in [2.05, 4.69) is 11.9 Å². The van der Waals surface area contributed by atoms with Gasteiger partial charge >= 0.3 is 6.03 Å². The fourth-order valence-corrected chi connectivity index (χ4v) is 2.71. The van der Waals surface area contributed by atoms with E-state index in [1.807, 2.05) is 19.0 Å². The van der Waals surface area contributed by atoms with Gasteiger partial charge in [-0.3, -0.25) is 0 Å². The third-order valence-electron chi connectivity index (χ3n) is 3.68. The molecule has 0 aromatic rings. The van der Waals surface area contributed by atoms with E-state index >= 15 is 0 Å². The van der Waals surface area contributed by atoms with E-state index in [9.17, 15) is 4.79 Å². The molecule has 2 unspecified atom stereocenters. The molecule has 2 fully saturated rings. The minimum Gasteiger partial charge on any atom is -0.331 e. The van der Waals surface area contributed by atoms with E-state index in [0.717, 1.165) is 19.0 Å². The van der Waals surface area contributed by atoms with Gasteiger partial charge in [0.2, 0.25) is 0 Å². The molecule has 86 valence electrons. The molecule has 4 heteroatoms. The second-order valence-corrected chi connectivity index (χ2v) is 5.11. The van der Waals surface area contributed by atoms with E-state index < -0.39 is 0 Å². The number of piperidine rings is 2. The summed E-state index contributed by atoms with van der Waals surface area (Å²) in [5.41, 5.74) is 0. The molecule has 2 aliphatic rings. The SMILES string of the molecule is CN(C)C(=O)N1CC2CCN(C)C(C2)C1. The van der Waals surface area contributed by atoms with Gasteiger partial charge in [-0.05, 0) is 32.4 Å². The monoisotopic (exact) mass is 211 g/mol. The first-order valence-corrected chi connectivity index (χ1v) is 5.74. The van der Waals surface area contributed by atoms with Gasteiger partial charge in [0.15, 0.2) is 0 Å². The van der Waals surface area contributed by atoms with Crippen LogP contribution in [0.4, 0.5) is 4.79 Å². The van der Waals surface area contributed by atoms with Gasteiger partial charge in [0, 0.05) is 33.2 Å². The predicted molar refractivity (Wildman–Crippen MR) is 59.8 cm³/mol. The van der Waals surface area contributed by atoms with Gasteiger partial charge in [-0.2, -0.15) is 0 Å². The van der Waals surface area contributed by atoms with Crippen LogP contribution >= 0.6 is 0 Å². The maximum atomic E-state index is 11.9. The zero-order valence-corrected chi connectivity index (χ0v) is 9.94. The molecule has 0 saturated carbocycles. The van der Waals surface area contributed by atoms with Crippen molar-refractivity contribution in [1.82, 2.24) is 14.7 Å². The lowest BCUT2D eigenvalue weighted by atomic mass is 9.87. The third kappa shape index (κ3) is 2.09. The Hall–Kier alpha value is -0.770. The van der Waals surface area contributed by atoms with Gasteiger partial charge in [-0.25, -0.2) is 4.79 Å². The molecule has 0 aromatic heterocycles. The molecule has 2 amide bonds. The van der Waals surface area contributed by atoms with Crippen LogP contribution in [0.25, 0.3) is 0 Å². The van der Waals surface area contributed by atoms with Crippen LogP contribution in [0.3, 0.4) is 0 Å². The molecule has 0 radical (unpaired) electrons. The number of likely N-dealkylation sites (N-methyl/N-ethyl adjacent to an activating group) is 1. The molecular formula is C11H21N3O. The summed E-state index contributed by atoms with van der Waals surface area (Å²) in [6.45, 7) is 3.06. The van der Waals surface area contributed by atoms with E-state index in [0.29, 0.717) is 6.04 Å². The summed E-state index contributed by atoms with van der Waals surface area (Å²) < 4.78 is 0. The number of fused-ring (bicyclic) bond motifs is 2.